The summed E-state index contributed by atoms with van der Waals surface area (Å²) < 4.78 is 6.12. The lowest BCUT2D eigenvalue weighted by Crippen LogP contribution is -2.54. The number of hydrogen-bond donors (Lipinski definition) is 2. The van der Waals surface area contributed by atoms with E-state index in [-0.39, 0.29) is 5.91 Å². The fourth-order valence-corrected chi connectivity index (χ4v) is 5.98. The third-order valence-electron chi connectivity index (χ3n) is 8.16. The van der Waals surface area contributed by atoms with Crippen LogP contribution in [-0.4, -0.2) is 80.4 Å². The van der Waals surface area contributed by atoms with Crippen molar-refractivity contribution in [2.75, 3.05) is 38.5 Å². The third-order valence-corrected chi connectivity index (χ3v) is 8.16. The number of aliphatic hydroxyl groups is 1. The highest BCUT2D eigenvalue weighted by Gasteiger charge is 2.36. The van der Waals surface area contributed by atoms with Crippen molar-refractivity contribution in [2.45, 2.75) is 70.5 Å². The second kappa shape index (κ2) is 10.3. The maximum absolute atomic E-state index is 12.3. The predicted octanol–water partition coefficient (Wildman–Crippen LogP) is 3.54. The van der Waals surface area contributed by atoms with Crippen LogP contribution >= 0.6 is 0 Å². The largest absolute Gasteiger partial charge is 0.463 e. The number of rotatable bonds is 5. The first-order valence-corrected chi connectivity index (χ1v) is 13.7. The Morgan fingerprint density at radius 1 is 1.08 bits per heavy atom. The zero-order chi connectivity index (χ0) is 27.1. The number of nitrogens with zero attached hydrogens (tertiary/aromatic N) is 5. The number of anilines is 1. The van der Waals surface area contributed by atoms with E-state index in [4.69, 9.17) is 15.5 Å². The van der Waals surface area contributed by atoms with Crippen LogP contribution in [0.15, 0.2) is 35.6 Å². The topological polar surface area (TPSA) is 117 Å². The molecule has 1 aliphatic carbocycles. The molecule has 2 aromatic rings. The van der Waals surface area contributed by atoms with Gasteiger partial charge in [0.05, 0.1) is 5.71 Å². The number of aromatic nitrogens is 2. The van der Waals surface area contributed by atoms with Gasteiger partial charge in [-0.05, 0) is 70.8 Å². The van der Waals surface area contributed by atoms with Crippen molar-refractivity contribution in [3.05, 3.63) is 41.7 Å². The lowest BCUT2D eigenvalue weighted by molar-refractivity contribution is -0.149. The van der Waals surface area contributed by atoms with Gasteiger partial charge < -0.3 is 20.5 Å². The number of nitrogens with two attached hydrogens (primary N) is 1. The highest BCUT2D eigenvalue weighted by molar-refractivity contribution is 6.09. The van der Waals surface area contributed by atoms with Crippen molar-refractivity contribution in [1.29, 1.82) is 0 Å². The molecule has 0 spiro atoms. The molecule has 1 amide bonds. The van der Waals surface area contributed by atoms with Gasteiger partial charge in [-0.1, -0.05) is 24.3 Å². The van der Waals surface area contributed by atoms with Gasteiger partial charge in [-0.3, -0.25) is 9.69 Å². The van der Waals surface area contributed by atoms with Crippen LogP contribution in [0.2, 0.25) is 0 Å². The summed E-state index contributed by atoms with van der Waals surface area (Å²) in [5.41, 5.74) is 7.83. The Bertz CT molecular complexity index is 1190. The fourth-order valence-electron chi connectivity index (χ4n) is 5.98. The summed E-state index contributed by atoms with van der Waals surface area (Å²) in [5.74, 6) is 1.84. The number of ether oxygens (including phenoxy) is 1. The van der Waals surface area contributed by atoms with Crippen LogP contribution in [0.25, 0.3) is 0 Å². The van der Waals surface area contributed by atoms with Crippen molar-refractivity contribution in [3.63, 3.8) is 0 Å². The third kappa shape index (κ3) is 5.54. The first kappa shape index (κ1) is 26.6. The molecule has 204 valence electrons. The van der Waals surface area contributed by atoms with Gasteiger partial charge in [0.2, 0.25) is 5.88 Å². The average Bonchev–Trinajstić information content (AvgIpc) is 2.88. The number of nitrogen functional groups attached to an aromatic ring is 1. The Kier molecular flexibility index (Phi) is 7.17. The molecule has 3 aliphatic rings. The quantitative estimate of drug-likeness (QED) is 0.619. The summed E-state index contributed by atoms with van der Waals surface area (Å²) in [6.07, 6.45) is 6.23. The molecule has 0 unspecified atom stereocenters. The van der Waals surface area contributed by atoms with Crippen LogP contribution in [-0.2, 0) is 4.79 Å². The van der Waals surface area contributed by atoms with E-state index in [0.717, 1.165) is 30.9 Å². The number of carbonyl (C=O) groups is 1. The average molecular weight is 521 g/mol. The molecule has 0 bridgehead atoms. The highest BCUT2D eigenvalue weighted by Crippen LogP contribution is 2.40. The summed E-state index contributed by atoms with van der Waals surface area (Å²) in [6, 6.07) is 8.76. The van der Waals surface area contributed by atoms with Gasteiger partial charge in [0.25, 0.3) is 5.91 Å². The minimum absolute atomic E-state index is 0.168. The molecule has 1 saturated heterocycles. The monoisotopic (exact) mass is 520 g/mol. The van der Waals surface area contributed by atoms with Crippen LogP contribution < -0.4 is 10.5 Å². The Balaban J connectivity index is 1.15. The van der Waals surface area contributed by atoms with E-state index in [2.05, 4.69) is 39.1 Å². The van der Waals surface area contributed by atoms with Gasteiger partial charge in [0, 0.05) is 38.3 Å². The summed E-state index contributed by atoms with van der Waals surface area (Å²) >= 11 is 0. The second-order valence-electron chi connectivity index (χ2n) is 12.0. The first-order valence-electron chi connectivity index (χ1n) is 13.7. The molecule has 38 heavy (non-hydrogen) atoms. The number of amides is 1. The number of carbonyl (C=O) groups excluding carboxylic acids is 1. The lowest BCUT2D eigenvalue weighted by atomic mass is 9.78. The van der Waals surface area contributed by atoms with E-state index in [1.54, 1.807) is 18.7 Å². The Morgan fingerprint density at radius 2 is 1.74 bits per heavy atom. The highest BCUT2D eigenvalue weighted by atomic mass is 16.5. The van der Waals surface area contributed by atoms with Crippen LogP contribution in [0.5, 0.6) is 5.88 Å². The second-order valence-corrected chi connectivity index (χ2v) is 12.0. The van der Waals surface area contributed by atoms with Crippen molar-refractivity contribution < 1.29 is 14.6 Å². The lowest BCUT2D eigenvalue weighted by Gasteiger charge is -2.39. The molecule has 3 N–H and O–H groups in total. The normalized spacial score (nSPS) is 23.8. The van der Waals surface area contributed by atoms with E-state index >= 15 is 0 Å². The zero-order valence-corrected chi connectivity index (χ0v) is 23.0. The van der Waals surface area contributed by atoms with E-state index in [1.807, 2.05) is 13.8 Å². The molecule has 9 heteroatoms. The van der Waals surface area contributed by atoms with E-state index in [0.29, 0.717) is 42.3 Å². The van der Waals surface area contributed by atoms with Gasteiger partial charge in [0.1, 0.15) is 17.5 Å². The number of benzene rings is 1. The Labute approximate surface area is 225 Å². The molecule has 0 atom stereocenters. The van der Waals surface area contributed by atoms with Crippen molar-refractivity contribution >= 4 is 23.1 Å². The number of hydrogen-bond acceptors (Lipinski definition) is 8. The minimum Gasteiger partial charge on any atom is -0.463 e. The predicted molar refractivity (Wildman–Crippen MR) is 148 cm³/mol. The van der Waals surface area contributed by atoms with E-state index in [9.17, 15) is 9.90 Å². The minimum atomic E-state index is -1.29. The number of piperazine rings is 1. The van der Waals surface area contributed by atoms with Gasteiger partial charge in [-0.15, -0.1) is 0 Å². The summed E-state index contributed by atoms with van der Waals surface area (Å²) in [6.45, 7) is 11.4. The van der Waals surface area contributed by atoms with E-state index < -0.39 is 11.2 Å². The SMILES string of the molecule is CC(C)(O)C(=O)N1CCN(CC2CCC(c3ccc(C4=Nc5c(N)ncnc5OC4(C)C)cc3)CC2)CC1. The Morgan fingerprint density at radius 3 is 2.37 bits per heavy atom. The van der Waals surface area contributed by atoms with Crippen LogP contribution in [0.4, 0.5) is 11.5 Å². The number of aliphatic imine (C=N–C) groups is 1. The first-order chi connectivity index (χ1) is 18.0. The smallest absolute Gasteiger partial charge is 0.254 e. The molecule has 0 radical (unpaired) electrons. The molecule has 2 aliphatic heterocycles. The Hall–Kier alpha value is -3.04. The van der Waals surface area contributed by atoms with Crippen LogP contribution in [0, 0.1) is 5.92 Å². The molecular formula is C29H40N6O3. The van der Waals surface area contributed by atoms with Gasteiger partial charge in [-0.25, -0.2) is 9.98 Å². The summed E-state index contributed by atoms with van der Waals surface area (Å²) in [7, 11) is 0. The number of fused-ring (bicyclic) bond motifs is 1. The van der Waals surface area contributed by atoms with Crippen molar-refractivity contribution in [2.24, 2.45) is 10.9 Å². The molecule has 5 rings (SSSR count). The fraction of sp³-hybridized carbons (Fsp3) is 0.586. The van der Waals surface area contributed by atoms with Crippen LogP contribution in [0.1, 0.15) is 70.4 Å². The molecule has 9 nitrogen and oxygen atoms in total. The van der Waals surface area contributed by atoms with Crippen LogP contribution in [0.3, 0.4) is 0 Å². The van der Waals surface area contributed by atoms with Gasteiger partial charge in [-0.2, -0.15) is 4.98 Å². The summed E-state index contributed by atoms with van der Waals surface area (Å²) in [5, 5.41) is 10.0. The van der Waals surface area contributed by atoms with E-state index in [1.165, 1.54) is 37.6 Å². The van der Waals surface area contributed by atoms with Crippen molar-refractivity contribution in [1.82, 2.24) is 19.8 Å². The van der Waals surface area contributed by atoms with Gasteiger partial charge in [0.15, 0.2) is 11.5 Å². The van der Waals surface area contributed by atoms with Gasteiger partial charge >= 0.3 is 0 Å². The summed E-state index contributed by atoms with van der Waals surface area (Å²) in [4.78, 5) is 29.7. The molecule has 1 aromatic carbocycles. The standard InChI is InChI=1S/C29H40N6O3/c1-28(2,37)27(36)35-15-13-34(14-16-35)17-19-5-7-20(8-6-19)21-9-11-22(12-10-21)24-29(3,4)38-26-23(33-24)25(30)31-18-32-26/h9-12,18-20,37H,5-8,13-17H2,1-4H3,(H2,30,31,32). The molecular weight excluding hydrogens is 480 g/mol. The maximum Gasteiger partial charge on any atom is 0.254 e. The molecule has 1 aromatic heterocycles. The van der Waals surface area contributed by atoms with Crippen molar-refractivity contribution in [3.8, 4) is 5.88 Å². The molecule has 3 heterocycles. The maximum atomic E-state index is 12.3. The molecule has 1 saturated carbocycles. The zero-order valence-electron chi connectivity index (χ0n) is 23.0. The molecule has 2 fully saturated rings.